The van der Waals surface area contributed by atoms with Crippen LogP contribution in [0.5, 0.6) is 0 Å². The molecule has 0 unspecified atom stereocenters. The van der Waals surface area contributed by atoms with E-state index < -0.39 is 0 Å². The maximum absolute atomic E-state index is 3.54. The third kappa shape index (κ3) is 5.31. The maximum Gasteiger partial charge on any atom is 0.0175 e. The van der Waals surface area contributed by atoms with Crippen molar-refractivity contribution in [3.8, 4) is 0 Å². The van der Waals surface area contributed by atoms with Crippen molar-refractivity contribution in [2.45, 2.75) is 0 Å². The molecule has 0 saturated heterocycles. The molecule has 0 N–H and O–H groups in total. The molecule has 48 valence electrons. The highest BCUT2D eigenvalue weighted by Crippen LogP contribution is 2.05. The summed E-state index contributed by atoms with van der Waals surface area (Å²) >= 11 is 3.29. The van der Waals surface area contributed by atoms with Crippen LogP contribution in [-0.2, 0) is 0 Å². The van der Waals surface area contributed by atoms with Gasteiger partial charge in [-0.2, -0.15) is 0 Å². The summed E-state index contributed by atoms with van der Waals surface area (Å²) in [6.07, 6.45) is 9.05. The van der Waals surface area contributed by atoms with Gasteiger partial charge in [-0.1, -0.05) is 47.3 Å². The number of allylic oxidation sites excluding steroid dienone is 6. The summed E-state index contributed by atoms with van der Waals surface area (Å²) < 4.78 is 0.998. The molecule has 0 radical (unpaired) electrons. The Morgan fingerprint density at radius 3 is 2.33 bits per heavy atom. The van der Waals surface area contributed by atoms with Crippen LogP contribution in [0.25, 0.3) is 0 Å². The molecule has 9 heavy (non-hydrogen) atoms. The largest absolute Gasteiger partial charge is 0.0991 e. The predicted octanol–water partition coefficient (Wildman–Crippen LogP) is 3.19. The van der Waals surface area contributed by atoms with E-state index in [1.54, 1.807) is 12.2 Å². The fraction of sp³-hybridized carbons (Fsp3) is 0. The van der Waals surface area contributed by atoms with Crippen molar-refractivity contribution in [3.05, 3.63) is 48.0 Å². The zero-order chi connectivity index (χ0) is 7.11. The molecular formula is C8H9Br. The van der Waals surface area contributed by atoms with Gasteiger partial charge in [-0.15, -0.1) is 0 Å². The lowest BCUT2D eigenvalue weighted by Crippen LogP contribution is -1.56. The van der Waals surface area contributed by atoms with Crippen molar-refractivity contribution >= 4 is 15.9 Å². The smallest absolute Gasteiger partial charge is 0.0175 e. The van der Waals surface area contributed by atoms with E-state index in [0.29, 0.717) is 0 Å². The quantitative estimate of drug-likeness (QED) is 0.592. The average molecular weight is 185 g/mol. The Morgan fingerprint density at radius 1 is 1.22 bits per heavy atom. The SMILES string of the molecule is C=C/C=C(Br)/C=C/C=C. The Kier molecular flexibility index (Phi) is 5.23. The molecule has 1 heteroatoms. The Hall–Kier alpha value is -0.560. The molecule has 0 aliphatic heterocycles. The van der Waals surface area contributed by atoms with Crippen LogP contribution in [0.4, 0.5) is 0 Å². The molecular weight excluding hydrogens is 176 g/mol. The van der Waals surface area contributed by atoms with Gasteiger partial charge in [-0.3, -0.25) is 0 Å². The van der Waals surface area contributed by atoms with Crippen molar-refractivity contribution in [2.24, 2.45) is 0 Å². The van der Waals surface area contributed by atoms with E-state index in [1.165, 1.54) is 0 Å². The van der Waals surface area contributed by atoms with Gasteiger partial charge in [0.15, 0.2) is 0 Å². The summed E-state index contributed by atoms with van der Waals surface area (Å²) in [6.45, 7) is 7.07. The molecule has 0 fully saturated rings. The Morgan fingerprint density at radius 2 is 1.89 bits per heavy atom. The topological polar surface area (TPSA) is 0 Å². The van der Waals surface area contributed by atoms with Crippen molar-refractivity contribution in [1.29, 1.82) is 0 Å². The van der Waals surface area contributed by atoms with Gasteiger partial charge in [-0.25, -0.2) is 0 Å². The fourth-order valence-electron chi connectivity index (χ4n) is 0.328. The van der Waals surface area contributed by atoms with Crippen LogP contribution in [0.15, 0.2) is 48.0 Å². The van der Waals surface area contributed by atoms with Crippen LogP contribution in [0.3, 0.4) is 0 Å². The minimum Gasteiger partial charge on any atom is -0.0991 e. The minimum atomic E-state index is 0.998. The van der Waals surface area contributed by atoms with E-state index in [0.717, 1.165) is 4.48 Å². The molecule has 0 nitrogen and oxygen atoms in total. The third-order valence-corrected chi connectivity index (χ3v) is 1.20. The lowest BCUT2D eigenvalue weighted by atomic mass is 10.4. The monoisotopic (exact) mass is 184 g/mol. The molecule has 0 heterocycles. The molecule has 0 spiro atoms. The van der Waals surface area contributed by atoms with Crippen LogP contribution in [0, 0.1) is 0 Å². The van der Waals surface area contributed by atoms with E-state index in [9.17, 15) is 0 Å². The van der Waals surface area contributed by atoms with Gasteiger partial charge < -0.3 is 0 Å². The van der Waals surface area contributed by atoms with E-state index >= 15 is 0 Å². The molecule has 0 aromatic heterocycles. The second-order valence-corrected chi connectivity index (χ2v) is 2.30. The number of halogens is 1. The summed E-state index contributed by atoms with van der Waals surface area (Å²) in [5, 5.41) is 0. The van der Waals surface area contributed by atoms with Crippen LogP contribution in [0.2, 0.25) is 0 Å². The lowest BCUT2D eigenvalue weighted by molar-refractivity contribution is 1.88. The number of hydrogen-bond acceptors (Lipinski definition) is 0. The van der Waals surface area contributed by atoms with E-state index in [4.69, 9.17) is 0 Å². The molecule has 0 bridgehead atoms. The summed E-state index contributed by atoms with van der Waals surface area (Å²) in [5.74, 6) is 0. The van der Waals surface area contributed by atoms with E-state index in [2.05, 4.69) is 29.1 Å². The number of hydrogen-bond donors (Lipinski definition) is 0. The zero-order valence-corrected chi connectivity index (χ0v) is 6.76. The Balaban J connectivity index is 3.88. The van der Waals surface area contributed by atoms with Gasteiger partial charge in [0.2, 0.25) is 0 Å². The highest BCUT2D eigenvalue weighted by Gasteiger charge is 1.75. The molecule has 0 aromatic carbocycles. The van der Waals surface area contributed by atoms with Crippen LogP contribution >= 0.6 is 15.9 Å². The Labute approximate surface area is 64.4 Å². The standard InChI is InChI=1S/C8H9Br/c1-3-5-7-8(9)6-4-2/h3-7H,1-2H2/b7-5+,8-6-. The Bertz CT molecular complexity index is 152. The van der Waals surface area contributed by atoms with Crippen molar-refractivity contribution in [1.82, 2.24) is 0 Å². The van der Waals surface area contributed by atoms with Gasteiger partial charge in [0.1, 0.15) is 0 Å². The second-order valence-electron chi connectivity index (χ2n) is 1.38. The second kappa shape index (κ2) is 5.57. The first-order valence-corrected chi connectivity index (χ1v) is 3.38. The number of rotatable bonds is 3. The molecule has 0 aromatic rings. The lowest BCUT2D eigenvalue weighted by Gasteiger charge is -1.80. The third-order valence-electron chi connectivity index (χ3n) is 0.669. The van der Waals surface area contributed by atoms with Gasteiger partial charge in [0.25, 0.3) is 0 Å². The molecule has 0 amide bonds. The maximum atomic E-state index is 3.54. The van der Waals surface area contributed by atoms with Gasteiger partial charge in [-0.05, 0) is 12.2 Å². The molecule has 0 aliphatic carbocycles. The molecule has 0 saturated carbocycles. The van der Waals surface area contributed by atoms with Crippen LogP contribution in [-0.4, -0.2) is 0 Å². The van der Waals surface area contributed by atoms with Crippen molar-refractivity contribution in [2.75, 3.05) is 0 Å². The summed E-state index contributed by atoms with van der Waals surface area (Å²) in [5.41, 5.74) is 0. The van der Waals surface area contributed by atoms with Gasteiger partial charge in [0.05, 0.1) is 0 Å². The van der Waals surface area contributed by atoms with Gasteiger partial charge in [0, 0.05) is 4.48 Å². The fourth-order valence-corrected chi connectivity index (χ4v) is 0.668. The van der Waals surface area contributed by atoms with Crippen molar-refractivity contribution < 1.29 is 0 Å². The zero-order valence-electron chi connectivity index (χ0n) is 5.18. The molecule has 0 atom stereocenters. The van der Waals surface area contributed by atoms with E-state index in [1.807, 2.05) is 18.2 Å². The van der Waals surface area contributed by atoms with Crippen molar-refractivity contribution in [3.63, 3.8) is 0 Å². The average Bonchev–Trinajstić information content (AvgIpc) is 1.85. The normalized spacial score (nSPS) is 11.9. The van der Waals surface area contributed by atoms with Crippen LogP contribution < -0.4 is 0 Å². The summed E-state index contributed by atoms with van der Waals surface area (Å²) in [7, 11) is 0. The first-order valence-electron chi connectivity index (χ1n) is 2.58. The minimum absolute atomic E-state index is 0.998. The highest BCUT2D eigenvalue weighted by molar-refractivity contribution is 9.11. The predicted molar refractivity (Wildman–Crippen MR) is 46.5 cm³/mol. The molecule has 0 aliphatic rings. The first kappa shape index (κ1) is 8.44. The van der Waals surface area contributed by atoms with Gasteiger partial charge >= 0.3 is 0 Å². The molecule has 0 rings (SSSR count). The highest BCUT2D eigenvalue weighted by atomic mass is 79.9. The summed E-state index contributed by atoms with van der Waals surface area (Å²) in [4.78, 5) is 0. The van der Waals surface area contributed by atoms with Crippen LogP contribution in [0.1, 0.15) is 0 Å². The summed E-state index contributed by atoms with van der Waals surface area (Å²) in [6, 6.07) is 0. The first-order chi connectivity index (χ1) is 4.31. The van der Waals surface area contributed by atoms with E-state index in [-0.39, 0.29) is 0 Å².